The minimum atomic E-state index is -3.71. The van der Waals surface area contributed by atoms with Crippen LogP contribution in [0.1, 0.15) is 10.4 Å². The molecular weight excluding hydrogens is 393 g/mol. The van der Waals surface area contributed by atoms with Crippen LogP contribution in [-0.4, -0.2) is 19.5 Å². The zero-order chi connectivity index (χ0) is 14.8. The van der Waals surface area contributed by atoms with Crippen LogP contribution < -0.4 is 4.72 Å². The van der Waals surface area contributed by atoms with Gasteiger partial charge in [-0.1, -0.05) is 0 Å². The molecule has 0 atom stereocenters. The Labute approximate surface area is 129 Å². The number of nitrogens with one attached hydrogen (secondary N) is 1. The summed E-state index contributed by atoms with van der Waals surface area (Å²) < 4.78 is 27.6. The minimum Gasteiger partial charge on any atom is -0.478 e. The largest absolute Gasteiger partial charge is 0.478 e. The topological polar surface area (TPSA) is 83.5 Å². The molecule has 0 saturated carbocycles. The first-order valence-corrected chi connectivity index (χ1v) is 8.06. The molecule has 0 aliphatic rings. The maximum atomic E-state index is 12.1. The van der Waals surface area contributed by atoms with Gasteiger partial charge in [-0.05, 0) is 71.1 Å². The Balaban J connectivity index is 2.26. The number of halogens is 1. The number of carboxylic acids is 1. The van der Waals surface area contributed by atoms with Crippen molar-refractivity contribution in [3.63, 3.8) is 0 Å². The van der Waals surface area contributed by atoms with E-state index in [-0.39, 0.29) is 10.5 Å². The smallest absolute Gasteiger partial charge is 0.335 e. The summed E-state index contributed by atoms with van der Waals surface area (Å²) in [7, 11) is -3.71. The standard InChI is InChI=1S/C13H10INO4S/c14-10-3-5-11(6-4-10)15-20(18,19)12-7-1-9(2-8-12)13(16)17/h1-8,15H,(H,16,17). The number of anilines is 1. The van der Waals surface area contributed by atoms with E-state index in [9.17, 15) is 13.2 Å². The summed E-state index contributed by atoms with van der Waals surface area (Å²) in [6, 6.07) is 11.9. The lowest BCUT2D eigenvalue weighted by Gasteiger charge is -2.08. The van der Waals surface area contributed by atoms with Crippen LogP contribution in [0, 0.1) is 3.57 Å². The van der Waals surface area contributed by atoms with Crippen LogP contribution in [0.2, 0.25) is 0 Å². The second-order valence-electron chi connectivity index (χ2n) is 3.94. The molecule has 0 unspecified atom stereocenters. The van der Waals surface area contributed by atoms with Crippen LogP contribution in [0.25, 0.3) is 0 Å². The summed E-state index contributed by atoms with van der Waals surface area (Å²) in [5.41, 5.74) is 0.492. The first-order chi connectivity index (χ1) is 9.38. The molecule has 2 N–H and O–H groups in total. The minimum absolute atomic E-state index is 0.0149. The predicted molar refractivity (Wildman–Crippen MR) is 83.4 cm³/mol. The van der Waals surface area contributed by atoms with Gasteiger partial charge in [-0.25, -0.2) is 13.2 Å². The lowest BCUT2D eigenvalue weighted by atomic mass is 10.2. The predicted octanol–water partition coefficient (Wildman–Crippen LogP) is 2.79. The highest BCUT2D eigenvalue weighted by Gasteiger charge is 2.14. The molecule has 2 rings (SSSR count). The zero-order valence-electron chi connectivity index (χ0n) is 10.1. The van der Waals surface area contributed by atoms with Crippen molar-refractivity contribution in [3.05, 3.63) is 57.7 Å². The third kappa shape index (κ3) is 3.48. The van der Waals surface area contributed by atoms with Gasteiger partial charge in [0.2, 0.25) is 0 Å². The van der Waals surface area contributed by atoms with Crippen LogP contribution in [-0.2, 0) is 10.0 Å². The van der Waals surface area contributed by atoms with Gasteiger partial charge in [0.25, 0.3) is 10.0 Å². The molecule has 0 heterocycles. The average molecular weight is 403 g/mol. The number of rotatable bonds is 4. The zero-order valence-corrected chi connectivity index (χ0v) is 13.1. The van der Waals surface area contributed by atoms with Gasteiger partial charge >= 0.3 is 5.97 Å². The molecule has 0 saturated heterocycles. The molecule has 0 aromatic heterocycles. The summed E-state index contributed by atoms with van der Waals surface area (Å²) in [4.78, 5) is 10.7. The van der Waals surface area contributed by atoms with Crippen LogP contribution in [0.4, 0.5) is 5.69 Å². The molecule has 20 heavy (non-hydrogen) atoms. The number of hydrogen-bond donors (Lipinski definition) is 2. The third-order valence-electron chi connectivity index (χ3n) is 2.51. The Kier molecular flexibility index (Phi) is 4.29. The van der Waals surface area contributed by atoms with Gasteiger partial charge in [0.1, 0.15) is 0 Å². The fraction of sp³-hybridized carbons (Fsp3) is 0. The SMILES string of the molecule is O=C(O)c1ccc(S(=O)(=O)Nc2ccc(I)cc2)cc1. The van der Waals surface area contributed by atoms with Crippen LogP contribution in [0.5, 0.6) is 0 Å². The van der Waals surface area contributed by atoms with E-state index in [1.54, 1.807) is 24.3 Å². The highest BCUT2D eigenvalue weighted by atomic mass is 127. The Morgan fingerprint density at radius 2 is 1.55 bits per heavy atom. The molecule has 2 aromatic carbocycles. The summed E-state index contributed by atoms with van der Waals surface area (Å²) in [5.74, 6) is -1.10. The molecule has 7 heteroatoms. The summed E-state index contributed by atoms with van der Waals surface area (Å²) in [6.07, 6.45) is 0. The van der Waals surface area contributed by atoms with Crippen molar-refractivity contribution in [3.8, 4) is 0 Å². The lowest BCUT2D eigenvalue weighted by molar-refractivity contribution is 0.0697. The fourth-order valence-corrected chi connectivity index (χ4v) is 2.93. The quantitative estimate of drug-likeness (QED) is 0.770. The van der Waals surface area contributed by atoms with Gasteiger partial charge in [0.15, 0.2) is 0 Å². The first kappa shape index (κ1) is 14.8. The molecule has 0 fully saturated rings. The molecule has 2 aromatic rings. The lowest BCUT2D eigenvalue weighted by Crippen LogP contribution is -2.13. The normalized spacial score (nSPS) is 11.1. The van der Waals surface area contributed by atoms with Crippen LogP contribution in [0.15, 0.2) is 53.4 Å². The van der Waals surface area contributed by atoms with Gasteiger partial charge in [-0.15, -0.1) is 0 Å². The molecule has 0 radical (unpaired) electrons. The fourth-order valence-electron chi connectivity index (χ4n) is 1.51. The van der Waals surface area contributed by atoms with Gasteiger partial charge in [0.05, 0.1) is 10.5 Å². The van der Waals surface area contributed by atoms with Crippen molar-refractivity contribution in [2.24, 2.45) is 0 Å². The van der Waals surface area contributed by atoms with E-state index in [2.05, 4.69) is 27.3 Å². The first-order valence-electron chi connectivity index (χ1n) is 5.50. The van der Waals surface area contributed by atoms with Crippen molar-refractivity contribution in [2.75, 3.05) is 4.72 Å². The van der Waals surface area contributed by atoms with E-state index in [4.69, 9.17) is 5.11 Å². The van der Waals surface area contributed by atoms with E-state index >= 15 is 0 Å². The van der Waals surface area contributed by atoms with E-state index in [1.807, 2.05) is 0 Å². The van der Waals surface area contributed by atoms with E-state index in [1.165, 1.54) is 24.3 Å². The Hall–Kier alpha value is -1.61. The second-order valence-corrected chi connectivity index (χ2v) is 6.87. The van der Waals surface area contributed by atoms with Gasteiger partial charge in [0, 0.05) is 9.26 Å². The molecule has 0 bridgehead atoms. The van der Waals surface area contributed by atoms with Crippen molar-refractivity contribution in [1.82, 2.24) is 0 Å². The van der Waals surface area contributed by atoms with Crippen LogP contribution >= 0.6 is 22.6 Å². The highest BCUT2D eigenvalue weighted by Crippen LogP contribution is 2.17. The number of benzene rings is 2. The van der Waals surface area contributed by atoms with Crippen molar-refractivity contribution in [2.45, 2.75) is 4.90 Å². The molecule has 0 amide bonds. The Morgan fingerprint density at radius 1 is 1.00 bits per heavy atom. The third-order valence-corrected chi connectivity index (χ3v) is 4.62. The number of sulfonamides is 1. The van der Waals surface area contributed by atoms with Gasteiger partial charge < -0.3 is 5.11 Å². The molecule has 104 valence electrons. The average Bonchev–Trinajstić information content (AvgIpc) is 2.41. The molecule has 0 aliphatic heterocycles. The van der Waals surface area contributed by atoms with E-state index < -0.39 is 16.0 Å². The summed E-state index contributed by atoms with van der Waals surface area (Å²) in [5, 5.41) is 8.77. The molecule has 5 nitrogen and oxygen atoms in total. The number of carboxylic acid groups (broad SMARTS) is 1. The Morgan fingerprint density at radius 3 is 2.05 bits per heavy atom. The highest BCUT2D eigenvalue weighted by molar-refractivity contribution is 14.1. The van der Waals surface area contributed by atoms with E-state index in [0.29, 0.717) is 5.69 Å². The summed E-state index contributed by atoms with van der Waals surface area (Å²) in [6.45, 7) is 0. The van der Waals surface area contributed by atoms with Crippen molar-refractivity contribution in [1.29, 1.82) is 0 Å². The second kappa shape index (κ2) is 5.80. The van der Waals surface area contributed by atoms with Crippen molar-refractivity contribution >= 4 is 44.3 Å². The van der Waals surface area contributed by atoms with Crippen molar-refractivity contribution < 1.29 is 18.3 Å². The number of hydrogen-bond acceptors (Lipinski definition) is 3. The van der Waals surface area contributed by atoms with E-state index in [0.717, 1.165) is 3.57 Å². The van der Waals surface area contributed by atoms with Crippen LogP contribution in [0.3, 0.4) is 0 Å². The Bertz CT molecular complexity index is 724. The summed E-state index contributed by atoms with van der Waals surface area (Å²) >= 11 is 2.12. The maximum absolute atomic E-state index is 12.1. The number of carbonyl (C=O) groups is 1. The molecular formula is C13H10INO4S. The van der Waals surface area contributed by atoms with Gasteiger partial charge in [-0.3, -0.25) is 4.72 Å². The molecule has 0 aliphatic carbocycles. The maximum Gasteiger partial charge on any atom is 0.335 e. The monoisotopic (exact) mass is 403 g/mol. The molecule has 0 spiro atoms. The number of aromatic carboxylic acids is 1. The van der Waals surface area contributed by atoms with Gasteiger partial charge in [-0.2, -0.15) is 0 Å².